The summed E-state index contributed by atoms with van der Waals surface area (Å²) in [5, 5.41) is 10.1. The fraction of sp³-hybridized carbons (Fsp3) is 0.346. The number of nitrogens with zero attached hydrogens (tertiary/aromatic N) is 3. The summed E-state index contributed by atoms with van der Waals surface area (Å²) in [6.45, 7) is 3.00. The molecule has 1 saturated heterocycles. The van der Waals surface area contributed by atoms with Crippen molar-refractivity contribution in [2.24, 2.45) is 0 Å². The summed E-state index contributed by atoms with van der Waals surface area (Å²) in [6, 6.07) is 14.9. The van der Waals surface area contributed by atoms with E-state index in [0.717, 1.165) is 22.2 Å². The van der Waals surface area contributed by atoms with E-state index in [1.54, 1.807) is 17.0 Å². The maximum atomic E-state index is 12.9. The summed E-state index contributed by atoms with van der Waals surface area (Å²) in [7, 11) is -2.70. The Labute approximate surface area is 221 Å². The molecule has 1 atom stereocenters. The number of rotatable bonds is 9. The summed E-state index contributed by atoms with van der Waals surface area (Å²) >= 11 is 0. The summed E-state index contributed by atoms with van der Waals surface area (Å²) in [5.74, 6) is -0.0923. The number of aryl methyl sites for hydroxylation is 1. The van der Waals surface area contributed by atoms with Gasteiger partial charge in [0.1, 0.15) is 18.4 Å². The molecular weight excluding hydrogens is 512 g/mol. The number of nitrogens with one attached hydrogen (secondary N) is 1. The van der Waals surface area contributed by atoms with Crippen LogP contribution in [-0.4, -0.2) is 86.2 Å². The Morgan fingerprint density at radius 2 is 1.76 bits per heavy atom. The molecule has 0 radical (unpaired) electrons. The molecule has 11 nitrogen and oxygen atoms in total. The fourth-order valence-corrected chi connectivity index (χ4v) is 5.42. The van der Waals surface area contributed by atoms with Crippen LogP contribution in [-0.2, 0) is 26.2 Å². The summed E-state index contributed by atoms with van der Waals surface area (Å²) in [6.07, 6.45) is -1.03. The average molecular weight is 543 g/mol. The second kappa shape index (κ2) is 11.8. The molecule has 0 spiro atoms. The van der Waals surface area contributed by atoms with Crippen LogP contribution in [0.2, 0.25) is 0 Å². The zero-order chi connectivity index (χ0) is 27.3. The number of aromatic nitrogens is 1. The molecule has 0 bridgehead atoms. The second-order valence-electron chi connectivity index (χ2n) is 8.90. The standard InChI is InChI=1S/C26H30N4O7S/c1-18-15-19(22-5-3-4-6-23(22)28-18)17-37-20-7-9-21(10-8-20)38(34,35)27-16-24(25(31)36-2)29-11-13-30(14-12-29)26(32)33/h3-10,15,24,27H,11-14,16-17H2,1-2H3,(H,32,33). The molecule has 1 aliphatic rings. The van der Waals surface area contributed by atoms with Crippen LogP contribution in [0.25, 0.3) is 10.9 Å². The van der Waals surface area contributed by atoms with Gasteiger partial charge in [0.2, 0.25) is 10.0 Å². The van der Waals surface area contributed by atoms with Crippen LogP contribution in [0.1, 0.15) is 11.3 Å². The third kappa shape index (κ3) is 6.39. The van der Waals surface area contributed by atoms with Gasteiger partial charge in [-0.3, -0.25) is 14.7 Å². The van der Waals surface area contributed by atoms with E-state index in [0.29, 0.717) is 12.4 Å². The quantitative estimate of drug-likeness (QED) is 0.390. The number of carboxylic acid groups (broad SMARTS) is 1. The molecule has 3 aromatic rings. The maximum Gasteiger partial charge on any atom is 0.407 e. The first-order valence-electron chi connectivity index (χ1n) is 12.1. The molecule has 38 heavy (non-hydrogen) atoms. The number of para-hydroxylation sites is 1. The van der Waals surface area contributed by atoms with E-state index in [-0.39, 0.29) is 37.6 Å². The Kier molecular flexibility index (Phi) is 8.45. The summed E-state index contributed by atoms with van der Waals surface area (Å²) in [4.78, 5) is 31.0. The number of hydrogen-bond acceptors (Lipinski definition) is 8. The zero-order valence-corrected chi connectivity index (χ0v) is 22.0. The summed E-state index contributed by atoms with van der Waals surface area (Å²) < 4.78 is 39.1. The van der Waals surface area contributed by atoms with E-state index in [2.05, 4.69) is 9.71 Å². The molecule has 1 amide bonds. The van der Waals surface area contributed by atoms with Crippen LogP contribution in [0, 0.1) is 6.92 Å². The number of piperazine rings is 1. The van der Waals surface area contributed by atoms with Crippen molar-refractivity contribution in [3.05, 3.63) is 65.9 Å². The van der Waals surface area contributed by atoms with Crippen LogP contribution in [0.5, 0.6) is 5.75 Å². The van der Waals surface area contributed by atoms with Gasteiger partial charge in [-0.05, 0) is 43.3 Å². The van der Waals surface area contributed by atoms with Crippen molar-refractivity contribution in [1.29, 1.82) is 0 Å². The van der Waals surface area contributed by atoms with E-state index in [1.165, 1.54) is 24.1 Å². The third-order valence-corrected chi connectivity index (χ3v) is 7.86. The highest BCUT2D eigenvalue weighted by atomic mass is 32.2. The number of fused-ring (bicyclic) bond motifs is 1. The van der Waals surface area contributed by atoms with Crippen molar-refractivity contribution in [2.75, 3.05) is 39.8 Å². The highest BCUT2D eigenvalue weighted by molar-refractivity contribution is 7.89. The molecule has 1 aromatic heterocycles. The molecule has 0 saturated carbocycles. The van der Waals surface area contributed by atoms with E-state index in [9.17, 15) is 18.0 Å². The first-order valence-corrected chi connectivity index (χ1v) is 13.5. The number of sulfonamides is 1. The van der Waals surface area contributed by atoms with Crippen molar-refractivity contribution in [3.8, 4) is 5.75 Å². The van der Waals surface area contributed by atoms with Gasteiger partial charge < -0.3 is 19.5 Å². The Morgan fingerprint density at radius 1 is 1.08 bits per heavy atom. The van der Waals surface area contributed by atoms with Crippen molar-refractivity contribution in [3.63, 3.8) is 0 Å². The van der Waals surface area contributed by atoms with Gasteiger partial charge in [0.25, 0.3) is 0 Å². The number of hydrogen-bond donors (Lipinski definition) is 2. The second-order valence-corrected chi connectivity index (χ2v) is 10.7. The van der Waals surface area contributed by atoms with Gasteiger partial charge in [-0.2, -0.15) is 0 Å². The zero-order valence-electron chi connectivity index (χ0n) is 21.2. The third-order valence-electron chi connectivity index (χ3n) is 6.42. The van der Waals surface area contributed by atoms with Crippen LogP contribution in [0.3, 0.4) is 0 Å². The maximum absolute atomic E-state index is 12.9. The number of ether oxygens (including phenoxy) is 2. The number of carbonyl (C=O) groups excluding carboxylic acids is 1. The minimum atomic E-state index is -3.93. The SMILES string of the molecule is COC(=O)C(CNS(=O)(=O)c1ccc(OCc2cc(C)nc3ccccc23)cc1)N1CCN(C(=O)O)CC1. The Morgan fingerprint density at radius 3 is 2.42 bits per heavy atom. The minimum absolute atomic E-state index is 0.0226. The first kappa shape index (κ1) is 27.3. The van der Waals surface area contributed by atoms with Gasteiger partial charge in [0.15, 0.2) is 0 Å². The molecular formula is C26H30N4O7S. The molecule has 1 aliphatic heterocycles. The molecule has 2 N–H and O–H groups in total. The highest BCUT2D eigenvalue weighted by Crippen LogP contribution is 2.22. The molecule has 4 rings (SSSR count). The van der Waals surface area contributed by atoms with Crippen LogP contribution < -0.4 is 9.46 Å². The summed E-state index contributed by atoms with van der Waals surface area (Å²) in [5.41, 5.74) is 2.74. The van der Waals surface area contributed by atoms with Gasteiger partial charge in [0, 0.05) is 49.4 Å². The van der Waals surface area contributed by atoms with Crippen molar-refractivity contribution >= 4 is 33.0 Å². The fourth-order valence-electron chi connectivity index (χ4n) is 4.38. The van der Waals surface area contributed by atoms with E-state index in [1.807, 2.05) is 37.3 Å². The van der Waals surface area contributed by atoms with Gasteiger partial charge in [-0.15, -0.1) is 0 Å². The minimum Gasteiger partial charge on any atom is -0.489 e. The lowest BCUT2D eigenvalue weighted by Crippen LogP contribution is -2.57. The van der Waals surface area contributed by atoms with Crippen LogP contribution in [0.15, 0.2) is 59.5 Å². The molecule has 2 heterocycles. The average Bonchev–Trinajstić information content (AvgIpc) is 2.92. The number of carbonyl (C=O) groups is 2. The lowest BCUT2D eigenvalue weighted by atomic mass is 10.1. The normalized spacial score (nSPS) is 15.3. The molecule has 2 aromatic carbocycles. The first-order chi connectivity index (χ1) is 18.2. The number of pyridine rings is 1. The van der Waals surface area contributed by atoms with Crippen molar-refractivity contribution < 1.29 is 32.6 Å². The Balaban J connectivity index is 1.39. The van der Waals surface area contributed by atoms with Crippen LogP contribution in [0.4, 0.5) is 4.79 Å². The number of benzene rings is 2. The predicted octanol–water partition coefficient (Wildman–Crippen LogP) is 2.24. The van der Waals surface area contributed by atoms with E-state index >= 15 is 0 Å². The Bertz CT molecular complexity index is 1400. The van der Waals surface area contributed by atoms with Gasteiger partial charge >= 0.3 is 12.1 Å². The molecule has 1 fully saturated rings. The lowest BCUT2D eigenvalue weighted by molar-refractivity contribution is -0.147. The molecule has 0 aliphatic carbocycles. The molecule has 12 heteroatoms. The number of amides is 1. The van der Waals surface area contributed by atoms with Gasteiger partial charge in [-0.25, -0.2) is 17.9 Å². The smallest absolute Gasteiger partial charge is 0.407 e. The Hall–Kier alpha value is -3.74. The van der Waals surface area contributed by atoms with E-state index < -0.39 is 28.1 Å². The van der Waals surface area contributed by atoms with Crippen LogP contribution >= 0.6 is 0 Å². The molecule has 1 unspecified atom stereocenters. The van der Waals surface area contributed by atoms with Gasteiger partial charge in [0.05, 0.1) is 17.5 Å². The largest absolute Gasteiger partial charge is 0.489 e. The van der Waals surface area contributed by atoms with Crippen molar-refractivity contribution in [2.45, 2.75) is 24.5 Å². The topological polar surface area (TPSA) is 138 Å². The molecule has 202 valence electrons. The van der Waals surface area contributed by atoms with Gasteiger partial charge in [-0.1, -0.05) is 18.2 Å². The predicted molar refractivity (Wildman–Crippen MR) is 139 cm³/mol. The van der Waals surface area contributed by atoms with E-state index in [4.69, 9.17) is 14.6 Å². The number of methoxy groups -OCH3 is 1. The monoisotopic (exact) mass is 542 g/mol. The highest BCUT2D eigenvalue weighted by Gasteiger charge is 2.32. The van der Waals surface area contributed by atoms with Crippen molar-refractivity contribution in [1.82, 2.24) is 19.5 Å². The number of esters is 1. The lowest BCUT2D eigenvalue weighted by Gasteiger charge is -2.36.